The molecule has 0 bridgehead atoms. The third kappa shape index (κ3) is 2.84. The minimum Gasteiger partial charge on any atom is -0.321 e. The number of nitrogens with one attached hydrogen (secondary N) is 2. The van der Waals surface area contributed by atoms with Crippen molar-refractivity contribution in [3.05, 3.63) is 47.0 Å². The van der Waals surface area contributed by atoms with Crippen LogP contribution in [0.5, 0.6) is 0 Å². The Morgan fingerprint density at radius 3 is 1.15 bits per heavy atom. The monoisotopic (exact) mass is 274 g/mol. The summed E-state index contributed by atoms with van der Waals surface area (Å²) in [6.45, 7) is 12.9. The van der Waals surface area contributed by atoms with Crippen molar-refractivity contribution in [2.45, 2.75) is 53.6 Å². The van der Waals surface area contributed by atoms with Crippen molar-refractivity contribution in [1.82, 2.24) is 9.35 Å². The molecule has 0 aromatic carbocycles. The van der Waals surface area contributed by atoms with E-state index in [1.54, 1.807) is 0 Å². The van der Waals surface area contributed by atoms with Crippen molar-refractivity contribution in [3.63, 3.8) is 0 Å². The van der Waals surface area contributed by atoms with Gasteiger partial charge in [-0.15, -0.1) is 0 Å². The van der Waals surface area contributed by atoms with Gasteiger partial charge in [0.25, 0.3) is 0 Å². The van der Waals surface area contributed by atoms with E-state index in [2.05, 4.69) is 86.0 Å². The van der Waals surface area contributed by atoms with Crippen molar-refractivity contribution in [3.8, 4) is 0 Å². The van der Waals surface area contributed by atoms with Crippen LogP contribution in [0.3, 0.4) is 0 Å². The smallest absolute Gasteiger partial charge is 0.0610 e. The third-order valence-corrected chi connectivity index (χ3v) is 3.96. The molecule has 0 saturated carbocycles. The van der Waals surface area contributed by atoms with E-state index in [-0.39, 0.29) is 0 Å². The number of aromatic nitrogens is 2. The number of aryl methyl sites for hydroxylation is 4. The topological polar surface area (TPSA) is 33.9 Å². The van der Waals surface area contributed by atoms with Crippen molar-refractivity contribution in [1.29, 1.82) is 0 Å². The van der Waals surface area contributed by atoms with Gasteiger partial charge >= 0.3 is 0 Å². The molecule has 20 heavy (non-hydrogen) atoms. The van der Waals surface area contributed by atoms with Crippen LogP contribution < -0.4 is 10.9 Å². The van der Waals surface area contributed by atoms with Crippen molar-refractivity contribution >= 4 is 0 Å². The van der Waals surface area contributed by atoms with Crippen LogP contribution in [0.15, 0.2) is 24.3 Å². The first-order valence-electron chi connectivity index (χ1n) is 7.23. The Kier molecular flexibility index (Phi) is 4.12. The lowest BCUT2D eigenvalue weighted by Gasteiger charge is -2.28. The van der Waals surface area contributed by atoms with E-state index in [0.717, 1.165) is 0 Å². The van der Waals surface area contributed by atoms with E-state index in [0.29, 0.717) is 12.1 Å². The van der Waals surface area contributed by atoms with Gasteiger partial charge in [0.1, 0.15) is 0 Å². The van der Waals surface area contributed by atoms with Gasteiger partial charge in [-0.1, -0.05) is 0 Å². The molecule has 0 amide bonds. The zero-order valence-corrected chi connectivity index (χ0v) is 13.4. The SMILES string of the molecule is Cc1ccc(C)n1NC(C)C(C)Nn1c(C)ccc1C. The lowest BCUT2D eigenvalue weighted by molar-refractivity contribution is 0.554. The Morgan fingerprint density at radius 1 is 0.650 bits per heavy atom. The zero-order chi connectivity index (χ0) is 14.9. The molecule has 0 aliphatic rings. The van der Waals surface area contributed by atoms with Crippen molar-refractivity contribution < 1.29 is 0 Å². The van der Waals surface area contributed by atoms with Gasteiger partial charge in [0.2, 0.25) is 0 Å². The highest BCUT2D eigenvalue weighted by Gasteiger charge is 2.14. The molecule has 2 aromatic heterocycles. The summed E-state index contributed by atoms with van der Waals surface area (Å²) in [4.78, 5) is 0. The molecule has 0 saturated heterocycles. The maximum atomic E-state index is 3.55. The maximum Gasteiger partial charge on any atom is 0.0610 e. The van der Waals surface area contributed by atoms with Crippen LogP contribution in [0, 0.1) is 27.7 Å². The Balaban J connectivity index is 2.04. The molecular weight excluding hydrogens is 248 g/mol. The Bertz CT molecular complexity index is 488. The fraction of sp³-hybridized carbons (Fsp3) is 0.500. The molecular formula is C16H26N4. The van der Waals surface area contributed by atoms with Crippen LogP contribution in [0.25, 0.3) is 0 Å². The largest absolute Gasteiger partial charge is 0.321 e. The summed E-state index contributed by atoms with van der Waals surface area (Å²) in [5.74, 6) is 0. The van der Waals surface area contributed by atoms with Gasteiger partial charge in [-0.3, -0.25) is 9.35 Å². The van der Waals surface area contributed by atoms with Crippen LogP contribution >= 0.6 is 0 Å². The Hall–Kier alpha value is -1.84. The first-order chi connectivity index (χ1) is 9.40. The fourth-order valence-corrected chi connectivity index (χ4v) is 2.38. The molecule has 2 N–H and O–H groups in total. The quantitative estimate of drug-likeness (QED) is 0.878. The van der Waals surface area contributed by atoms with Gasteiger partial charge in [0, 0.05) is 22.8 Å². The fourth-order valence-electron chi connectivity index (χ4n) is 2.38. The van der Waals surface area contributed by atoms with Crippen molar-refractivity contribution in [2.24, 2.45) is 0 Å². The molecule has 0 aliphatic carbocycles. The molecule has 0 radical (unpaired) electrons. The van der Waals surface area contributed by atoms with Crippen LogP contribution in [-0.2, 0) is 0 Å². The third-order valence-electron chi connectivity index (χ3n) is 3.96. The van der Waals surface area contributed by atoms with Gasteiger partial charge in [-0.25, -0.2) is 0 Å². The van der Waals surface area contributed by atoms with Crippen LogP contribution in [-0.4, -0.2) is 21.4 Å². The van der Waals surface area contributed by atoms with Crippen molar-refractivity contribution in [2.75, 3.05) is 10.9 Å². The predicted molar refractivity (Wildman–Crippen MR) is 85.5 cm³/mol. The summed E-state index contributed by atoms with van der Waals surface area (Å²) in [6.07, 6.45) is 0. The van der Waals surface area contributed by atoms with E-state index < -0.39 is 0 Å². The summed E-state index contributed by atoms with van der Waals surface area (Å²) < 4.78 is 4.30. The summed E-state index contributed by atoms with van der Waals surface area (Å²) in [7, 11) is 0. The normalized spacial score (nSPS) is 14.1. The molecule has 0 spiro atoms. The standard InChI is InChI=1S/C16H26N4/c1-11-7-8-12(2)19(11)17-15(5)16(6)18-20-13(3)9-10-14(20)4/h7-10,15-18H,1-6H3. The van der Waals surface area contributed by atoms with Crippen LogP contribution in [0.4, 0.5) is 0 Å². The lowest BCUT2D eigenvalue weighted by Crippen LogP contribution is -2.42. The van der Waals surface area contributed by atoms with Crippen LogP contribution in [0.2, 0.25) is 0 Å². The summed E-state index contributed by atoms with van der Waals surface area (Å²) >= 11 is 0. The zero-order valence-electron chi connectivity index (χ0n) is 13.4. The highest BCUT2D eigenvalue weighted by molar-refractivity contribution is 5.18. The van der Waals surface area contributed by atoms with Crippen LogP contribution in [0.1, 0.15) is 36.6 Å². The molecule has 2 atom stereocenters. The molecule has 0 aliphatic heterocycles. The highest BCUT2D eigenvalue weighted by atomic mass is 15.5. The molecule has 0 fully saturated rings. The molecule has 4 heteroatoms. The van der Waals surface area contributed by atoms with E-state index >= 15 is 0 Å². The number of rotatable bonds is 5. The molecule has 2 aromatic rings. The highest BCUT2D eigenvalue weighted by Crippen LogP contribution is 2.09. The van der Waals surface area contributed by atoms with Gasteiger partial charge in [-0.05, 0) is 65.8 Å². The second-order valence-electron chi connectivity index (χ2n) is 5.74. The number of hydrogen-bond acceptors (Lipinski definition) is 2. The van der Waals surface area contributed by atoms with Gasteiger partial charge in [0.15, 0.2) is 0 Å². The minimum atomic E-state index is 0.306. The first kappa shape index (κ1) is 14.6. The molecule has 2 heterocycles. The van der Waals surface area contributed by atoms with Gasteiger partial charge < -0.3 is 10.9 Å². The lowest BCUT2D eigenvalue weighted by atomic mass is 10.2. The van der Waals surface area contributed by atoms with E-state index in [1.807, 2.05) is 0 Å². The summed E-state index contributed by atoms with van der Waals surface area (Å²) in [5.41, 5.74) is 12.0. The number of nitrogens with zero attached hydrogens (tertiary/aromatic N) is 2. The average molecular weight is 274 g/mol. The molecule has 110 valence electrons. The van der Waals surface area contributed by atoms with E-state index in [4.69, 9.17) is 0 Å². The average Bonchev–Trinajstić information content (AvgIpc) is 2.88. The van der Waals surface area contributed by atoms with Gasteiger partial charge in [-0.2, -0.15) is 0 Å². The van der Waals surface area contributed by atoms with E-state index in [1.165, 1.54) is 22.8 Å². The maximum absolute atomic E-state index is 3.55. The molecule has 4 nitrogen and oxygen atoms in total. The second kappa shape index (κ2) is 5.65. The Morgan fingerprint density at radius 2 is 0.900 bits per heavy atom. The first-order valence-corrected chi connectivity index (χ1v) is 7.23. The van der Waals surface area contributed by atoms with Gasteiger partial charge in [0.05, 0.1) is 12.1 Å². The van der Waals surface area contributed by atoms with E-state index in [9.17, 15) is 0 Å². The number of hydrogen-bond donors (Lipinski definition) is 2. The molecule has 2 unspecified atom stereocenters. The summed E-state index contributed by atoms with van der Waals surface area (Å²) in [6, 6.07) is 9.14. The molecule has 2 rings (SSSR count). The predicted octanol–water partition coefficient (Wildman–Crippen LogP) is 3.09. The Labute approximate surface area is 121 Å². The minimum absolute atomic E-state index is 0.306. The summed E-state index contributed by atoms with van der Waals surface area (Å²) in [5, 5.41) is 0. The second-order valence-corrected chi connectivity index (χ2v) is 5.74.